The highest BCUT2D eigenvalue weighted by Gasteiger charge is 1.95. The minimum absolute atomic E-state index is 0.939. The molecule has 0 fully saturated rings. The fourth-order valence-electron chi connectivity index (χ4n) is 0.818. The van der Waals surface area contributed by atoms with E-state index in [9.17, 15) is 0 Å². The molecule has 0 aliphatic carbocycles. The van der Waals surface area contributed by atoms with Gasteiger partial charge >= 0.3 is 0 Å². The molecule has 0 amide bonds. The van der Waals surface area contributed by atoms with Gasteiger partial charge in [0, 0.05) is 10.7 Å². The molecular formula is C10H14Br2. The van der Waals surface area contributed by atoms with E-state index in [0.717, 1.165) is 10.7 Å². The van der Waals surface area contributed by atoms with Gasteiger partial charge < -0.3 is 0 Å². The molecule has 1 aromatic rings. The molecule has 0 aromatic heterocycles. The fraction of sp³-hybridized carbons (Fsp3) is 0.400. The van der Waals surface area contributed by atoms with Crippen LogP contribution in [0.25, 0.3) is 0 Å². The quantitative estimate of drug-likeness (QED) is 0.704. The highest BCUT2D eigenvalue weighted by molar-refractivity contribution is 9.09. The Morgan fingerprint density at radius 1 is 0.917 bits per heavy atom. The molecule has 1 rings (SSSR count). The maximum atomic E-state index is 3.43. The average molecular weight is 294 g/mol. The molecule has 0 saturated heterocycles. The van der Waals surface area contributed by atoms with Crippen LogP contribution >= 0.6 is 31.9 Å². The Bertz CT molecular complexity index is 186. The molecule has 0 unspecified atom stereocenters. The Labute approximate surface area is 91.6 Å². The monoisotopic (exact) mass is 292 g/mol. The van der Waals surface area contributed by atoms with E-state index in [1.807, 2.05) is 13.8 Å². The number of hydrogen-bond acceptors (Lipinski definition) is 0. The van der Waals surface area contributed by atoms with Crippen molar-refractivity contribution >= 4 is 31.9 Å². The molecule has 0 aliphatic rings. The maximum Gasteiger partial charge on any atom is 0.0286 e. The van der Waals surface area contributed by atoms with Crippen molar-refractivity contribution in [1.82, 2.24) is 0 Å². The van der Waals surface area contributed by atoms with E-state index in [1.165, 1.54) is 11.1 Å². The molecule has 0 atom stereocenters. The molecule has 0 radical (unpaired) electrons. The van der Waals surface area contributed by atoms with E-state index in [2.05, 4.69) is 56.1 Å². The fourth-order valence-corrected chi connectivity index (χ4v) is 1.91. The molecule has 0 spiro atoms. The number of rotatable bonds is 2. The van der Waals surface area contributed by atoms with Gasteiger partial charge in [0.05, 0.1) is 0 Å². The first-order valence-corrected chi connectivity index (χ1v) is 6.31. The lowest BCUT2D eigenvalue weighted by Crippen LogP contribution is -1.84. The van der Waals surface area contributed by atoms with Crippen molar-refractivity contribution in [2.75, 3.05) is 0 Å². The molecule has 1 aromatic carbocycles. The largest absolute Gasteiger partial charge is 0.0876 e. The second-order valence-corrected chi connectivity index (χ2v) is 3.16. The van der Waals surface area contributed by atoms with E-state index in [4.69, 9.17) is 0 Å². The topological polar surface area (TPSA) is 0 Å². The maximum absolute atomic E-state index is 3.43. The molecule has 12 heavy (non-hydrogen) atoms. The molecule has 0 saturated carbocycles. The van der Waals surface area contributed by atoms with E-state index in [-0.39, 0.29) is 0 Å². The normalized spacial score (nSPS) is 8.67. The molecule has 2 heteroatoms. The van der Waals surface area contributed by atoms with Crippen LogP contribution in [0.15, 0.2) is 24.3 Å². The summed E-state index contributed by atoms with van der Waals surface area (Å²) in [6.07, 6.45) is 0. The van der Waals surface area contributed by atoms with Crippen LogP contribution in [0, 0.1) is 0 Å². The minimum Gasteiger partial charge on any atom is -0.0876 e. The van der Waals surface area contributed by atoms with Gasteiger partial charge in [-0.3, -0.25) is 0 Å². The lowest BCUT2D eigenvalue weighted by Gasteiger charge is -2.00. The van der Waals surface area contributed by atoms with Gasteiger partial charge in [-0.05, 0) is 11.1 Å². The van der Waals surface area contributed by atoms with Crippen molar-refractivity contribution in [3.05, 3.63) is 35.4 Å². The van der Waals surface area contributed by atoms with Crippen LogP contribution < -0.4 is 0 Å². The summed E-state index contributed by atoms with van der Waals surface area (Å²) in [6.45, 7) is 4.00. The van der Waals surface area contributed by atoms with Crippen molar-refractivity contribution in [3.8, 4) is 0 Å². The summed E-state index contributed by atoms with van der Waals surface area (Å²) in [6, 6.07) is 8.38. The number of halogens is 2. The summed E-state index contributed by atoms with van der Waals surface area (Å²) in [5.74, 6) is 0. The summed E-state index contributed by atoms with van der Waals surface area (Å²) < 4.78 is 0. The Balaban J connectivity index is 0.000000561. The summed E-state index contributed by atoms with van der Waals surface area (Å²) in [4.78, 5) is 0. The predicted molar refractivity (Wildman–Crippen MR) is 63.1 cm³/mol. The highest BCUT2D eigenvalue weighted by Crippen LogP contribution is 2.14. The van der Waals surface area contributed by atoms with Crippen molar-refractivity contribution < 1.29 is 0 Å². The van der Waals surface area contributed by atoms with Gasteiger partial charge in [0.2, 0.25) is 0 Å². The highest BCUT2D eigenvalue weighted by atomic mass is 79.9. The lowest BCUT2D eigenvalue weighted by atomic mass is 10.1. The third-order valence-electron chi connectivity index (χ3n) is 1.41. The van der Waals surface area contributed by atoms with Crippen LogP contribution in [0.5, 0.6) is 0 Å². The number of hydrogen-bond donors (Lipinski definition) is 0. The Kier molecular flexibility index (Phi) is 7.93. The molecular weight excluding hydrogens is 280 g/mol. The number of alkyl halides is 2. The zero-order valence-electron chi connectivity index (χ0n) is 7.48. The molecule has 68 valence electrons. The zero-order valence-corrected chi connectivity index (χ0v) is 10.7. The number of benzene rings is 1. The van der Waals surface area contributed by atoms with E-state index in [0.29, 0.717) is 0 Å². The van der Waals surface area contributed by atoms with Crippen LogP contribution in [0.3, 0.4) is 0 Å². The smallest absolute Gasteiger partial charge is 0.0286 e. The van der Waals surface area contributed by atoms with Crippen molar-refractivity contribution in [2.45, 2.75) is 24.5 Å². The van der Waals surface area contributed by atoms with Crippen LogP contribution in [0.1, 0.15) is 25.0 Å². The molecule has 0 bridgehead atoms. The summed E-state index contributed by atoms with van der Waals surface area (Å²) in [5.41, 5.74) is 2.72. The Hall–Kier alpha value is 0.180. The second-order valence-electron chi connectivity index (χ2n) is 2.04. The average Bonchev–Trinajstić information content (AvgIpc) is 2.20. The third kappa shape index (κ3) is 3.72. The standard InChI is InChI=1S/C8H8Br2.C2H6/c9-5-7-3-1-2-4-8(7)6-10;1-2/h1-4H,5-6H2;1-2H3. The minimum atomic E-state index is 0.939. The van der Waals surface area contributed by atoms with Crippen LogP contribution in [0.4, 0.5) is 0 Å². The Morgan fingerprint density at radius 2 is 1.25 bits per heavy atom. The van der Waals surface area contributed by atoms with Gasteiger partial charge in [0.1, 0.15) is 0 Å². The predicted octanol–water partition coefficient (Wildman–Crippen LogP) is 4.50. The van der Waals surface area contributed by atoms with E-state index in [1.54, 1.807) is 0 Å². The third-order valence-corrected chi connectivity index (χ3v) is 2.61. The van der Waals surface area contributed by atoms with Gasteiger partial charge in [-0.1, -0.05) is 70.0 Å². The molecule has 0 N–H and O–H groups in total. The van der Waals surface area contributed by atoms with Gasteiger partial charge in [-0.15, -0.1) is 0 Å². The summed E-state index contributed by atoms with van der Waals surface area (Å²) >= 11 is 6.86. The van der Waals surface area contributed by atoms with Gasteiger partial charge in [0.15, 0.2) is 0 Å². The van der Waals surface area contributed by atoms with Crippen LogP contribution in [-0.4, -0.2) is 0 Å². The van der Waals surface area contributed by atoms with Gasteiger partial charge in [-0.2, -0.15) is 0 Å². The van der Waals surface area contributed by atoms with E-state index < -0.39 is 0 Å². The van der Waals surface area contributed by atoms with E-state index >= 15 is 0 Å². The SMILES string of the molecule is BrCc1ccccc1CBr.CC. The van der Waals surface area contributed by atoms with Crippen LogP contribution in [-0.2, 0) is 10.7 Å². The van der Waals surface area contributed by atoms with Gasteiger partial charge in [0.25, 0.3) is 0 Å². The molecule has 0 heterocycles. The summed E-state index contributed by atoms with van der Waals surface area (Å²) in [5, 5.41) is 1.88. The first-order chi connectivity index (χ1) is 5.88. The second kappa shape index (κ2) is 7.81. The first-order valence-electron chi connectivity index (χ1n) is 4.07. The first kappa shape index (κ1) is 12.2. The Morgan fingerprint density at radius 3 is 1.50 bits per heavy atom. The van der Waals surface area contributed by atoms with Crippen molar-refractivity contribution in [2.24, 2.45) is 0 Å². The molecule has 0 aliphatic heterocycles. The van der Waals surface area contributed by atoms with Crippen molar-refractivity contribution in [1.29, 1.82) is 0 Å². The molecule has 0 nitrogen and oxygen atoms in total. The zero-order chi connectivity index (χ0) is 9.40. The van der Waals surface area contributed by atoms with Crippen molar-refractivity contribution in [3.63, 3.8) is 0 Å². The van der Waals surface area contributed by atoms with Crippen LogP contribution in [0.2, 0.25) is 0 Å². The van der Waals surface area contributed by atoms with Gasteiger partial charge in [-0.25, -0.2) is 0 Å². The lowest BCUT2D eigenvalue weighted by molar-refractivity contribution is 1.30. The summed E-state index contributed by atoms with van der Waals surface area (Å²) in [7, 11) is 0.